The van der Waals surface area contributed by atoms with E-state index in [1.807, 2.05) is 42.5 Å². The normalized spacial score (nSPS) is 14.0. The summed E-state index contributed by atoms with van der Waals surface area (Å²) in [6, 6.07) is 16.9. The summed E-state index contributed by atoms with van der Waals surface area (Å²) in [6.07, 6.45) is 2.51. The fourth-order valence-electron chi connectivity index (χ4n) is 3.59. The maximum atomic E-state index is 12.5. The number of piperazine rings is 1. The highest BCUT2D eigenvalue weighted by atomic mass is 16.2. The third-order valence-corrected chi connectivity index (χ3v) is 5.32. The van der Waals surface area contributed by atoms with Crippen molar-refractivity contribution in [1.29, 1.82) is 0 Å². The van der Waals surface area contributed by atoms with E-state index >= 15 is 0 Å². The van der Waals surface area contributed by atoms with Crippen LogP contribution >= 0.6 is 0 Å². The average molecular weight is 392 g/mol. The number of nitrogens with zero attached hydrogens (tertiary/aromatic N) is 2. The number of ketones is 1. The van der Waals surface area contributed by atoms with E-state index in [0.29, 0.717) is 37.3 Å². The third kappa shape index (κ3) is 5.53. The molecule has 152 valence electrons. The molecule has 0 saturated carbocycles. The zero-order valence-corrected chi connectivity index (χ0v) is 17.0. The minimum atomic E-state index is -0.0206. The van der Waals surface area contributed by atoms with Crippen molar-refractivity contribution in [2.24, 2.45) is 0 Å². The minimum absolute atomic E-state index is 0.000559. The van der Waals surface area contributed by atoms with Crippen molar-refractivity contribution < 1.29 is 14.4 Å². The first-order chi connectivity index (χ1) is 14.1. The highest BCUT2D eigenvalue weighted by Gasteiger charge is 2.25. The van der Waals surface area contributed by atoms with E-state index in [0.717, 1.165) is 12.8 Å². The Bertz CT molecular complexity index is 838. The van der Waals surface area contributed by atoms with Gasteiger partial charge in [0, 0.05) is 50.1 Å². The number of amides is 2. The molecule has 2 aromatic carbocycles. The van der Waals surface area contributed by atoms with Gasteiger partial charge in [0.15, 0.2) is 5.78 Å². The van der Waals surface area contributed by atoms with Crippen molar-refractivity contribution in [2.75, 3.05) is 26.2 Å². The lowest BCUT2D eigenvalue weighted by Gasteiger charge is -2.34. The first-order valence-corrected chi connectivity index (χ1v) is 10.3. The van der Waals surface area contributed by atoms with Crippen LogP contribution in [-0.4, -0.2) is 53.6 Å². The van der Waals surface area contributed by atoms with Gasteiger partial charge in [-0.1, -0.05) is 55.8 Å². The molecule has 0 spiro atoms. The van der Waals surface area contributed by atoms with Crippen LogP contribution in [0.25, 0.3) is 0 Å². The standard InChI is InChI=1S/C24H28N2O3/c1-2-6-19-9-11-20(12-10-19)22(27)13-14-23(28)25-15-17-26(18-16-25)24(29)21-7-4-3-5-8-21/h3-5,7-12H,2,6,13-18H2,1H3. The number of rotatable bonds is 7. The predicted octanol–water partition coefficient (Wildman–Crippen LogP) is 3.59. The Balaban J connectivity index is 1.45. The average Bonchev–Trinajstić information content (AvgIpc) is 2.78. The van der Waals surface area contributed by atoms with Crippen molar-refractivity contribution in [3.05, 3.63) is 71.3 Å². The summed E-state index contributed by atoms with van der Waals surface area (Å²) in [5, 5.41) is 0. The molecular formula is C24H28N2O3. The molecule has 1 fully saturated rings. The molecule has 0 bridgehead atoms. The smallest absolute Gasteiger partial charge is 0.253 e. The number of Topliss-reactive ketones (excluding diaryl/α,β-unsaturated/α-hetero) is 1. The van der Waals surface area contributed by atoms with Gasteiger partial charge in [-0.2, -0.15) is 0 Å². The van der Waals surface area contributed by atoms with Crippen molar-refractivity contribution in [3.63, 3.8) is 0 Å². The van der Waals surface area contributed by atoms with E-state index in [4.69, 9.17) is 0 Å². The number of aryl methyl sites for hydroxylation is 1. The lowest BCUT2D eigenvalue weighted by molar-refractivity contribution is -0.132. The van der Waals surface area contributed by atoms with Crippen molar-refractivity contribution in [3.8, 4) is 0 Å². The molecule has 0 N–H and O–H groups in total. The van der Waals surface area contributed by atoms with Gasteiger partial charge in [0.1, 0.15) is 0 Å². The van der Waals surface area contributed by atoms with Gasteiger partial charge < -0.3 is 9.80 Å². The molecule has 1 aliphatic rings. The molecular weight excluding hydrogens is 364 g/mol. The van der Waals surface area contributed by atoms with Gasteiger partial charge in [-0.05, 0) is 24.1 Å². The lowest BCUT2D eigenvalue weighted by Crippen LogP contribution is -2.50. The molecule has 29 heavy (non-hydrogen) atoms. The van der Waals surface area contributed by atoms with Gasteiger partial charge in [0.2, 0.25) is 5.91 Å². The second-order valence-electron chi connectivity index (χ2n) is 7.41. The van der Waals surface area contributed by atoms with E-state index in [1.165, 1.54) is 5.56 Å². The molecule has 1 aliphatic heterocycles. The Morgan fingerprint density at radius 2 is 1.38 bits per heavy atom. The van der Waals surface area contributed by atoms with Gasteiger partial charge in [-0.15, -0.1) is 0 Å². The highest BCUT2D eigenvalue weighted by molar-refractivity contribution is 5.98. The van der Waals surface area contributed by atoms with Gasteiger partial charge in [-0.3, -0.25) is 14.4 Å². The summed E-state index contributed by atoms with van der Waals surface area (Å²) in [5.41, 5.74) is 2.56. The van der Waals surface area contributed by atoms with Crippen LogP contribution in [-0.2, 0) is 11.2 Å². The van der Waals surface area contributed by atoms with Crippen molar-refractivity contribution >= 4 is 17.6 Å². The van der Waals surface area contributed by atoms with E-state index in [-0.39, 0.29) is 30.4 Å². The molecule has 0 atom stereocenters. The van der Waals surface area contributed by atoms with Crippen LogP contribution in [0.5, 0.6) is 0 Å². The van der Waals surface area contributed by atoms with Gasteiger partial charge >= 0.3 is 0 Å². The molecule has 5 heteroatoms. The van der Waals surface area contributed by atoms with E-state index in [9.17, 15) is 14.4 Å². The first kappa shape index (κ1) is 20.8. The highest BCUT2D eigenvalue weighted by Crippen LogP contribution is 2.13. The van der Waals surface area contributed by atoms with Crippen LogP contribution in [0.15, 0.2) is 54.6 Å². The van der Waals surface area contributed by atoms with Crippen LogP contribution in [0.1, 0.15) is 52.5 Å². The lowest BCUT2D eigenvalue weighted by atomic mass is 10.0. The maximum Gasteiger partial charge on any atom is 0.253 e. The van der Waals surface area contributed by atoms with Gasteiger partial charge in [0.05, 0.1) is 0 Å². The molecule has 3 rings (SSSR count). The summed E-state index contributed by atoms with van der Waals surface area (Å²) < 4.78 is 0. The van der Waals surface area contributed by atoms with Crippen LogP contribution in [0, 0.1) is 0 Å². The summed E-state index contributed by atoms with van der Waals surface area (Å²) in [7, 11) is 0. The van der Waals surface area contributed by atoms with Crippen molar-refractivity contribution in [2.45, 2.75) is 32.6 Å². The molecule has 0 aliphatic carbocycles. The summed E-state index contributed by atoms with van der Waals surface area (Å²) >= 11 is 0. The van der Waals surface area contributed by atoms with Crippen LogP contribution in [0.3, 0.4) is 0 Å². The summed E-state index contributed by atoms with van der Waals surface area (Å²) in [4.78, 5) is 40.9. The molecule has 2 aromatic rings. The molecule has 0 aromatic heterocycles. The van der Waals surface area contributed by atoms with Gasteiger partial charge in [0.25, 0.3) is 5.91 Å². The SMILES string of the molecule is CCCc1ccc(C(=O)CCC(=O)N2CCN(C(=O)c3ccccc3)CC2)cc1. The maximum absolute atomic E-state index is 12.5. The van der Waals surface area contributed by atoms with Crippen LogP contribution < -0.4 is 0 Å². The Hall–Kier alpha value is -2.95. The van der Waals surface area contributed by atoms with Crippen molar-refractivity contribution in [1.82, 2.24) is 9.80 Å². The first-order valence-electron chi connectivity index (χ1n) is 10.3. The fourth-order valence-corrected chi connectivity index (χ4v) is 3.59. The number of carbonyl (C=O) groups is 3. The quantitative estimate of drug-likeness (QED) is 0.677. The second kappa shape index (κ2) is 10.0. The predicted molar refractivity (Wildman–Crippen MR) is 113 cm³/mol. The Morgan fingerprint density at radius 3 is 2.00 bits per heavy atom. The Morgan fingerprint density at radius 1 is 0.759 bits per heavy atom. The largest absolute Gasteiger partial charge is 0.339 e. The van der Waals surface area contributed by atoms with E-state index in [2.05, 4.69) is 6.92 Å². The molecule has 2 amide bonds. The summed E-state index contributed by atoms with van der Waals surface area (Å²) in [6.45, 7) is 4.19. The minimum Gasteiger partial charge on any atom is -0.339 e. The fraction of sp³-hybridized carbons (Fsp3) is 0.375. The molecule has 0 unspecified atom stereocenters. The molecule has 1 heterocycles. The monoisotopic (exact) mass is 392 g/mol. The Kier molecular flexibility index (Phi) is 7.17. The van der Waals surface area contributed by atoms with E-state index < -0.39 is 0 Å². The number of carbonyl (C=O) groups excluding carboxylic acids is 3. The van der Waals surface area contributed by atoms with E-state index in [1.54, 1.807) is 21.9 Å². The number of benzene rings is 2. The summed E-state index contributed by atoms with van der Waals surface area (Å²) in [5.74, 6) is -0.0218. The molecule has 1 saturated heterocycles. The zero-order valence-electron chi connectivity index (χ0n) is 17.0. The number of hydrogen-bond acceptors (Lipinski definition) is 3. The molecule has 5 nitrogen and oxygen atoms in total. The van der Waals surface area contributed by atoms with Gasteiger partial charge in [-0.25, -0.2) is 0 Å². The Labute approximate surface area is 172 Å². The molecule has 0 radical (unpaired) electrons. The second-order valence-corrected chi connectivity index (χ2v) is 7.41. The number of hydrogen-bond donors (Lipinski definition) is 0. The van der Waals surface area contributed by atoms with Crippen LogP contribution in [0.4, 0.5) is 0 Å². The topological polar surface area (TPSA) is 57.7 Å². The van der Waals surface area contributed by atoms with Crippen LogP contribution in [0.2, 0.25) is 0 Å². The zero-order chi connectivity index (χ0) is 20.6. The third-order valence-electron chi connectivity index (χ3n) is 5.32.